The lowest BCUT2D eigenvalue weighted by atomic mass is 10.2. The second-order valence-corrected chi connectivity index (χ2v) is 5.26. The molecule has 122 valence electrons. The summed E-state index contributed by atoms with van der Waals surface area (Å²) in [7, 11) is 1.53. The minimum Gasteiger partial charge on any atom is -0.493 e. The van der Waals surface area contributed by atoms with E-state index in [2.05, 4.69) is 10.2 Å². The summed E-state index contributed by atoms with van der Waals surface area (Å²) in [6.45, 7) is 2.51. The summed E-state index contributed by atoms with van der Waals surface area (Å²) in [5.74, 6) is 1.33. The lowest BCUT2D eigenvalue weighted by Crippen LogP contribution is -2.09. The molecule has 0 unspecified atom stereocenters. The van der Waals surface area contributed by atoms with Crippen molar-refractivity contribution >= 4 is 5.97 Å². The zero-order valence-corrected chi connectivity index (χ0v) is 13.2. The summed E-state index contributed by atoms with van der Waals surface area (Å²) in [5.41, 5.74) is 0.405. The Hall–Kier alpha value is -2.57. The molecule has 1 aromatic carbocycles. The molecule has 7 nitrogen and oxygen atoms in total. The SMILES string of the molecule is CCOc1ccc(C(=O)OCc2nncn2C2CC2)cc1OC. The molecule has 0 saturated heterocycles. The summed E-state index contributed by atoms with van der Waals surface area (Å²) in [4.78, 5) is 12.2. The van der Waals surface area contributed by atoms with Gasteiger partial charge in [-0.25, -0.2) is 4.79 Å². The second-order valence-electron chi connectivity index (χ2n) is 5.26. The maximum Gasteiger partial charge on any atom is 0.338 e. The van der Waals surface area contributed by atoms with Gasteiger partial charge in [0.2, 0.25) is 0 Å². The van der Waals surface area contributed by atoms with Gasteiger partial charge in [-0.05, 0) is 38.0 Å². The Morgan fingerprint density at radius 3 is 2.87 bits per heavy atom. The van der Waals surface area contributed by atoms with Crippen molar-refractivity contribution in [1.82, 2.24) is 14.8 Å². The largest absolute Gasteiger partial charge is 0.493 e. The molecule has 0 atom stereocenters. The predicted octanol–water partition coefficient (Wildman–Crippen LogP) is 2.38. The monoisotopic (exact) mass is 317 g/mol. The number of rotatable bonds is 7. The van der Waals surface area contributed by atoms with Gasteiger partial charge in [0.15, 0.2) is 23.9 Å². The molecule has 7 heteroatoms. The minimum absolute atomic E-state index is 0.102. The molecular weight excluding hydrogens is 298 g/mol. The molecular formula is C16H19N3O4. The van der Waals surface area contributed by atoms with Gasteiger partial charge in [-0.1, -0.05) is 0 Å². The molecule has 1 fully saturated rings. The van der Waals surface area contributed by atoms with E-state index in [4.69, 9.17) is 14.2 Å². The van der Waals surface area contributed by atoms with Crippen LogP contribution in [0.5, 0.6) is 11.5 Å². The number of hydrogen-bond acceptors (Lipinski definition) is 6. The summed E-state index contributed by atoms with van der Waals surface area (Å²) in [6, 6.07) is 5.41. The first-order valence-corrected chi connectivity index (χ1v) is 7.59. The van der Waals surface area contributed by atoms with Crippen LogP contribution in [0.4, 0.5) is 0 Å². The quantitative estimate of drug-likeness (QED) is 0.730. The van der Waals surface area contributed by atoms with Crippen LogP contribution in [0, 0.1) is 0 Å². The first-order chi connectivity index (χ1) is 11.2. The molecule has 2 aromatic rings. The topological polar surface area (TPSA) is 75.5 Å². The smallest absolute Gasteiger partial charge is 0.338 e. The zero-order valence-electron chi connectivity index (χ0n) is 13.2. The van der Waals surface area contributed by atoms with Gasteiger partial charge in [0.25, 0.3) is 0 Å². The number of hydrogen-bond donors (Lipinski definition) is 0. The molecule has 1 aromatic heterocycles. The third-order valence-corrected chi connectivity index (χ3v) is 3.62. The molecule has 0 N–H and O–H groups in total. The van der Waals surface area contributed by atoms with E-state index in [1.54, 1.807) is 24.5 Å². The number of nitrogens with zero attached hydrogens (tertiary/aromatic N) is 3. The van der Waals surface area contributed by atoms with Gasteiger partial charge in [-0.15, -0.1) is 10.2 Å². The van der Waals surface area contributed by atoms with E-state index < -0.39 is 5.97 Å². The number of esters is 1. The highest BCUT2D eigenvalue weighted by Gasteiger charge is 2.26. The van der Waals surface area contributed by atoms with Crippen LogP contribution in [0.2, 0.25) is 0 Å². The molecule has 0 spiro atoms. The summed E-state index contributed by atoms with van der Waals surface area (Å²) < 4.78 is 18.0. The Balaban J connectivity index is 1.66. The fourth-order valence-corrected chi connectivity index (χ4v) is 2.31. The molecule has 0 bridgehead atoms. The fraction of sp³-hybridized carbons (Fsp3) is 0.438. The number of methoxy groups -OCH3 is 1. The van der Waals surface area contributed by atoms with Gasteiger partial charge < -0.3 is 18.8 Å². The van der Waals surface area contributed by atoms with Crippen LogP contribution in [0.25, 0.3) is 0 Å². The average molecular weight is 317 g/mol. The molecule has 0 aliphatic heterocycles. The van der Waals surface area contributed by atoms with Gasteiger partial charge >= 0.3 is 5.97 Å². The molecule has 23 heavy (non-hydrogen) atoms. The first kappa shape index (κ1) is 15.3. The van der Waals surface area contributed by atoms with E-state index >= 15 is 0 Å². The van der Waals surface area contributed by atoms with Crippen LogP contribution in [0.15, 0.2) is 24.5 Å². The number of ether oxygens (including phenoxy) is 3. The second kappa shape index (κ2) is 6.68. The van der Waals surface area contributed by atoms with Crippen LogP contribution in [-0.4, -0.2) is 34.5 Å². The minimum atomic E-state index is -0.434. The predicted molar refractivity (Wildman–Crippen MR) is 81.6 cm³/mol. The number of aromatic nitrogens is 3. The van der Waals surface area contributed by atoms with Gasteiger partial charge in [0, 0.05) is 6.04 Å². The van der Waals surface area contributed by atoms with Crippen molar-refractivity contribution in [2.75, 3.05) is 13.7 Å². The van der Waals surface area contributed by atoms with Gasteiger partial charge in [-0.3, -0.25) is 0 Å². The zero-order chi connectivity index (χ0) is 16.2. The van der Waals surface area contributed by atoms with E-state index in [-0.39, 0.29) is 6.61 Å². The first-order valence-electron chi connectivity index (χ1n) is 7.59. The fourth-order valence-electron chi connectivity index (χ4n) is 2.31. The average Bonchev–Trinajstić information content (AvgIpc) is 3.31. The van der Waals surface area contributed by atoms with E-state index in [0.717, 1.165) is 12.8 Å². The van der Waals surface area contributed by atoms with Crippen molar-refractivity contribution < 1.29 is 19.0 Å². The Labute approximate surface area is 134 Å². The highest BCUT2D eigenvalue weighted by molar-refractivity contribution is 5.90. The van der Waals surface area contributed by atoms with Crippen molar-refractivity contribution in [1.29, 1.82) is 0 Å². The molecule has 0 amide bonds. The normalized spacial score (nSPS) is 13.7. The van der Waals surface area contributed by atoms with E-state index in [1.807, 2.05) is 11.5 Å². The lowest BCUT2D eigenvalue weighted by molar-refractivity contribution is 0.0457. The van der Waals surface area contributed by atoms with Gasteiger partial charge in [0.05, 0.1) is 19.3 Å². The van der Waals surface area contributed by atoms with Gasteiger partial charge in [-0.2, -0.15) is 0 Å². The van der Waals surface area contributed by atoms with E-state index in [0.29, 0.717) is 35.5 Å². The molecule has 1 aliphatic rings. The summed E-state index contributed by atoms with van der Waals surface area (Å²) >= 11 is 0. The molecule has 1 heterocycles. The number of carbonyl (C=O) groups excluding carboxylic acids is 1. The van der Waals surface area contributed by atoms with Crippen LogP contribution in [0.3, 0.4) is 0 Å². The van der Waals surface area contributed by atoms with Crippen molar-refractivity contribution in [3.8, 4) is 11.5 Å². The van der Waals surface area contributed by atoms with Crippen molar-refractivity contribution in [3.63, 3.8) is 0 Å². The Kier molecular flexibility index (Phi) is 4.45. The Morgan fingerprint density at radius 2 is 2.17 bits per heavy atom. The van der Waals surface area contributed by atoms with Crippen molar-refractivity contribution in [2.24, 2.45) is 0 Å². The van der Waals surface area contributed by atoms with Crippen LogP contribution < -0.4 is 9.47 Å². The van der Waals surface area contributed by atoms with Crippen molar-refractivity contribution in [2.45, 2.75) is 32.4 Å². The molecule has 1 saturated carbocycles. The maximum absolute atomic E-state index is 12.2. The molecule has 3 rings (SSSR count). The third kappa shape index (κ3) is 3.44. The number of benzene rings is 1. The Bertz CT molecular complexity index is 694. The standard InChI is InChI=1S/C16H19N3O4/c1-3-22-13-7-4-11(8-14(13)21-2)16(20)23-9-15-18-17-10-19(15)12-5-6-12/h4,7-8,10,12H,3,5-6,9H2,1-2H3. The van der Waals surface area contributed by atoms with Crippen LogP contribution >= 0.6 is 0 Å². The van der Waals surface area contributed by atoms with Crippen molar-refractivity contribution in [3.05, 3.63) is 35.9 Å². The van der Waals surface area contributed by atoms with Gasteiger partial charge in [0.1, 0.15) is 6.33 Å². The maximum atomic E-state index is 12.2. The molecule has 1 aliphatic carbocycles. The van der Waals surface area contributed by atoms with E-state index in [9.17, 15) is 4.79 Å². The highest BCUT2D eigenvalue weighted by atomic mass is 16.5. The van der Waals surface area contributed by atoms with Crippen LogP contribution in [0.1, 0.15) is 42.0 Å². The highest BCUT2D eigenvalue weighted by Crippen LogP contribution is 2.35. The molecule has 0 radical (unpaired) electrons. The number of carbonyl (C=O) groups is 1. The van der Waals surface area contributed by atoms with Crippen LogP contribution in [-0.2, 0) is 11.3 Å². The summed E-state index contributed by atoms with van der Waals surface area (Å²) in [6.07, 6.45) is 3.92. The Morgan fingerprint density at radius 1 is 1.35 bits per heavy atom. The third-order valence-electron chi connectivity index (χ3n) is 3.62. The van der Waals surface area contributed by atoms with E-state index in [1.165, 1.54) is 7.11 Å². The summed E-state index contributed by atoms with van der Waals surface area (Å²) in [5, 5.41) is 7.88. The lowest BCUT2D eigenvalue weighted by Gasteiger charge is -2.11.